The van der Waals surface area contributed by atoms with Crippen molar-refractivity contribution in [2.24, 2.45) is 5.10 Å². The summed E-state index contributed by atoms with van der Waals surface area (Å²) in [5.41, 5.74) is 4.32. The maximum Gasteiger partial charge on any atom is 0.272 e. The molecular weight excluding hydrogens is 380 g/mol. The molecule has 0 aliphatic rings. The standard InChI is InChI=1S/C20H23ClN4O3/c1-3-11-24(12-4-2)16-7-5-15(6-8-16)14-22-23-20(26)18-10-9-17(25(27)28)13-19(18)21/h5-10,13-14H,3-4,11-12H2,1-2H3,(H,23,26). The molecule has 0 unspecified atom stereocenters. The van der Waals surface area contributed by atoms with Crippen molar-refractivity contribution < 1.29 is 9.72 Å². The summed E-state index contributed by atoms with van der Waals surface area (Å²) in [4.78, 5) is 24.6. The van der Waals surface area contributed by atoms with Crippen molar-refractivity contribution in [1.82, 2.24) is 5.43 Å². The minimum absolute atomic E-state index is 0.00167. The number of halogens is 1. The van der Waals surface area contributed by atoms with Crippen LogP contribution in [0, 0.1) is 10.1 Å². The predicted molar refractivity (Wildman–Crippen MR) is 112 cm³/mol. The Bertz CT molecular complexity index is 847. The van der Waals surface area contributed by atoms with Gasteiger partial charge in [-0.1, -0.05) is 37.6 Å². The second kappa shape index (κ2) is 10.4. The lowest BCUT2D eigenvalue weighted by atomic mass is 10.2. The number of carbonyl (C=O) groups excluding carboxylic acids is 1. The molecule has 0 radical (unpaired) electrons. The van der Waals surface area contributed by atoms with Crippen molar-refractivity contribution in [3.63, 3.8) is 0 Å². The van der Waals surface area contributed by atoms with Crippen LogP contribution in [0.15, 0.2) is 47.6 Å². The Kier molecular flexibility index (Phi) is 7.95. The number of nitro groups is 1. The second-order valence-corrected chi connectivity index (χ2v) is 6.61. The molecule has 28 heavy (non-hydrogen) atoms. The van der Waals surface area contributed by atoms with E-state index in [1.54, 1.807) is 0 Å². The topological polar surface area (TPSA) is 87.8 Å². The molecule has 2 rings (SSSR count). The zero-order valence-electron chi connectivity index (χ0n) is 15.9. The Balaban J connectivity index is 2.00. The highest BCUT2D eigenvalue weighted by Gasteiger charge is 2.14. The van der Waals surface area contributed by atoms with Gasteiger partial charge in [-0.05, 0) is 36.6 Å². The van der Waals surface area contributed by atoms with E-state index in [9.17, 15) is 14.9 Å². The van der Waals surface area contributed by atoms with Crippen molar-refractivity contribution in [2.75, 3.05) is 18.0 Å². The number of nitrogens with zero attached hydrogens (tertiary/aromatic N) is 3. The molecule has 0 heterocycles. The maximum atomic E-state index is 12.1. The quantitative estimate of drug-likeness (QED) is 0.376. The molecule has 0 atom stereocenters. The number of rotatable bonds is 9. The first kappa shape index (κ1) is 21.4. The molecule has 1 amide bonds. The summed E-state index contributed by atoms with van der Waals surface area (Å²) in [6, 6.07) is 11.6. The lowest BCUT2D eigenvalue weighted by molar-refractivity contribution is -0.384. The highest BCUT2D eigenvalue weighted by molar-refractivity contribution is 6.34. The summed E-state index contributed by atoms with van der Waals surface area (Å²) >= 11 is 5.94. The van der Waals surface area contributed by atoms with E-state index in [1.165, 1.54) is 18.3 Å². The van der Waals surface area contributed by atoms with Crippen LogP contribution in [0.5, 0.6) is 0 Å². The number of amides is 1. The van der Waals surface area contributed by atoms with Gasteiger partial charge in [0, 0.05) is 30.9 Å². The van der Waals surface area contributed by atoms with Crippen LogP contribution in [-0.2, 0) is 0 Å². The number of hydrazone groups is 1. The number of nitrogens with one attached hydrogen (secondary N) is 1. The highest BCUT2D eigenvalue weighted by atomic mass is 35.5. The minimum atomic E-state index is -0.572. The summed E-state index contributed by atoms with van der Waals surface area (Å²) in [6.07, 6.45) is 3.70. The van der Waals surface area contributed by atoms with E-state index in [0.29, 0.717) is 0 Å². The van der Waals surface area contributed by atoms with Gasteiger partial charge < -0.3 is 4.90 Å². The van der Waals surface area contributed by atoms with Crippen molar-refractivity contribution in [2.45, 2.75) is 26.7 Å². The Morgan fingerprint density at radius 2 is 1.82 bits per heavy atom. The molecule has 1 N–H and O–H groups in total. The molecule has 2 aromatic carbocycles. The summed E-state index contributed by atoms with van der Waals surface area (Å²) in [5.74, 6) is -0.537. The third-order valence-electron chi connectivity index (χ3n) is 4.03. The van der Waals surface area contributed by atoms with Gasteiger partial charge in [0.15, 0.2) is 0 Å². The number of benzene rings is 2. The van der Waals surface area contributed by atoms with Gasteiger partial charge in [-0.25, -0.2) is 5.43 Å². The molecule has 7 nitrogen and oxygen atoms in total. The lowest BCUT2D eigenvalue weighted by Gasteiger charge is -2.23. The number of nitro benzene ring substituents is 1. The zero-order chi connectivity index (χ0) is 20.5. The summed E-state index contributed by atoms with van der Waals surface area (Å²) in [6.45, 7) is 6.33. The van der Waals surface area contributed by atoms with E-state index in [4.69, 9.17) is 11.6 Å². The van der Waals surface area contributed by atoms with Gasteiger partial charge in [-0.3, -0.25) is 14.9 Å². The zero-order valence-corrected chi connectivity index (χ0v) is 16.6. The molecule has 0 spiro atoms. The van der Waals surface area contributed by atoms with Gasteiger partial charge in [0.05, 0.1) is 21.7 Å². The maximum absolute atomic E-state index is 12.1. The summed E-state index contributed by atoms with van der Waals surface area (Å²) in [5, 5.41) is 14.7. The van der Waals surface area contributed by atoms with Gasteiger partial charge in [0.2, 0.25) is 0 Å². The Hall–Kier alpha value is -2.93. The minimum Gasteiger partial charge on any atom is -0.372 e. The fourth-order valence-electron chi connectivity index (χ4n) is 2.71. The van der Waals surface area contributed by atoms with Crippen molar-refractivity contribution in [3.05, 3.63) is 68.7 Å². The second-order valence-electron chi connectivity index (χ2n) is 6.20. The molecule has 0 aliphatic carbocycles. The number of hydrogen-bond donors (Lipinski definition) is 1. The number of carbonyl (C=O) groups is 1. The Morgan fingerprint density at radius 3 is 2.36 bits per heavy atom. The van der Waals surface area contributed by atoms with Crippen molar-refractivity contribution in [1.29, 1.82) is 0 Å². The van der Waals surface area contributed by atoms with Gasteiger partial charge in [-0.2, -0.15) is 5.10 Å². The first-order valence-electron chi connectivity index (χ1n) is 9.08. The van der Waals surface area contributed by atoms with Crippen molar-refractivity contribution >= 4 is 35.1 Å². The molecule has 0 aliphatic heterocycles. The van der Waals surface area contributed by atoms with E-state index in [0.717, 1.165) is 43.2 Å². The first-order chi connectivity index (χ1) is 13.5. The predicted octanol–water partition coefficient (Wildman–Crippen LogP) is 4.64. The number of anilines is 1. The van der Waals surface area contributed by atoms with E-state index in [-0.39, 0.29) is 16.3 Å². The van der Waals surface area contributed by atoms with E-state index in [2.05, 4.69) is 29.3 Å². The van der Waals surface area contributed by atoms with E-state index in [1.807, 2.05) is 24.3 Å². The molecule has 0 aromatic heterocycles. The van der Waals surface area contributed by atoms with Gasteiger partial charge >= 0.3 is 0 Å². The van der Waals surface area contributed by atoms with Crippen molar-refractivity contribution in [3.8, 4) is 0 Å². The summed E-state index contributed by atoms with van der Waals surface area (Å²) in [7, 11) is 0. The molecule has 148 valence electrons. The smallest absolute Gasteiger partial charge is 0.272 e. The summed E-state index contributed by atoms with van der Waals surface area (Å²) < 4.78 is 0. The van der Waals surface area contributed by atoms with Gasteiger partial charge in [-0.15, -0.1) is 0 Å². The molecular formula is C20H23ClN4O3. The largest absolute Gasteiger partial charge is 0.372 e. The first-order valence-corrected chi connectivity index (χ1v) is 9.46. The fourth-order valence-corrected chi connectivity index (χ4v) is 2.97. The Labute approximate surface area is 169 Å². The average molecular weight is 403 g/mol. The van der Waals surface area contributed by atoms with Crippen LogP contribution in [0.1, 0.15) is 42.6 Å². The molecule has 2 aromatic rings. The average Bonchev–Trinajstić information content (AvgIpc) is 2.68. The monoisotopic (exact) mass is 402 g/mol. The van der Waals surface area contributed by atoms with Crippen LogP contribution in [0.3, 0.4) is 0 Å². The molecule has 0 saturated carbocycles. The van der Waals surface area contributed by atoms with Crippen LogP contribution < -0.4 is 10.3 Å². The van der Waals surface area contributed by atoms with E-state index < -0.39 is 10.8 Å². The SMILES string of the molecule is CCCN(CCC)c1ccc(C=NNC(=O)c2ccc([N+](=O)[O-])cc2Cl)cc1. The number of hydrogen-bond acceptors (Lipinski definition) is 5. The third kappa shape index (κ3) is 5.79. The van der Waals surface area contributed by atoms with Crippen LogP contribution >= 0.6 is 11.6 Å². The van der Waals surface area contributed by atoms with Gasteiger partial charge in [0.1, 0.15) is 0 Å². The fraction of sp³-hybridized carbons (Fsp3) is 0.300. The van der Waals surface area contributed by atoms with E-state index >= 15 is 0 Å². The number of non-ortho nitro benzene ring substituents is 1. The van der Waals surface area contributed by atoms with Crippen LogP contribution in [-0.4, -0.2) is 30.1 Å². The molecule has 8 heteroatoms. The van der Waals surface area contributed by atoms with Crippen LogP contribution in [0.4, 0.5) is 11.4 Å². The normalized spacial score (nSPS) is 10.8. The molecule has 0 saturated heterocycles. The molecule has 0 fully saturated rings. The highest BCUT2D eigenvalue weighted by Crippen LogP contribution is 2.22. The van der Waals surface area contributed by atoms with Gasteiger partial charge in [0.25, 0.3) is 11.6 Å². The third-order valence-corrected chi connectivity index (χ3v) is 4.35. The Morgan fingerprint density at radius 1 is 1.18 bits per heavy atom. The lowest BCUT2D eigenvalue weighted by Crippen LogP contribution is -2.24. The van der Waals surface area contributed by atoms with Crippen LogP contribution in [0.25, 0.3) is 0 Å². The molecule has 0 bridgehead atoms. The van der Waals surface area contributed by atoms with Crippen LogP contribution in [0.2, 0.25) is 5.02 Å².